The van der Waals surface area contributed by atoms with Crippen molar-refractivity contribution in [2.75, 3.05) is 19.8 Å². The Kier molecular flexibility index (Phi) is 5.72. The number of hydrogen-bond donors (Lipinski definition) is 0. The van der Waals surface area contributed by atoms with E-state index < -0.39 is 6.10 Å². The summed E-state index contributed by atoms with van der Waals surface area (Å²) in [4.78, 5) is 14.7. The van der Waals surface area contributed by atoms with Gasteiger partial charge in [-0.15, -0.1) is 0 Å². The molecule has 2 aliphatic heterocycles. The van der Waals surface area contributed by atoms with Crippen LogP contribution in [0.3, 0.4) is 0 Å². The SMILES string of the molecule is CC(OCC1CCCO1)C(=O)N1CCCC1c1cccc(Br)c1. The maximum absolute atomic E-state index is 12.8. The number of carbonyl (C=O) groups is 1. The van der Waals surface area contributed by atoms with Crippen LogP contribution in [0.2, 0.25) is 0 Å². The number of ether oxygens (including phenoxy) is 2. The van der Waals surface area contributed by atoms with Gasteiger partial charge in [-0.1, -0.05) is 28.1 Å². The van der Waals surface area contributed by atoms with Crippen LogP contribution < -0.4 is 0 Å². The Morgan fingerprint density at radius 1 is 1.43 bits per heavy atom. The molecule has 3 unspecified atom stereocenters. The van der Waals surface area contributed by atoms with Crippen LogP contribution in [0.25, 0.3) is 0 Å². The van der Waals surface area contributed by atoms with Crippen LogP contribution in [0.1, 0.15) is 44.2 Å². The molecular formula is C18H24BrNO3. The molecule has 2 heterocycles. The number of amides is 1. The zero-order valence-corrected chi connectivity index (χ0v) is 15.1. The maximum atomic E-state index is 12.8. The molecule has 2 aliphatic rings. The molecule has 1 aromatic carbocycles. The number of benzene rings is 1. The van der Waals surface area contributed by atoms with Gasteiger partial charge in [-0.05, 0) is 50.3 Å². The number of likely N-dealkylation sites (tertiary alicyclic amines) is 1. The Balaban J connectivity index is 1.60. The summed E-state index contributed by atoms with van der Waals surface area (Å²) in [5, 5.41) is 0. The zero-order valence-electron chi connectivity index (χ0n) is 13.5. The summed E-state index contributed by atoms with van der Waals surface area (Å²) in [5.74, 6) is 0.0884. The van der Waals surface area contributed by atoms with Gasteiger partial charge in [0.15, 0.2) is 0 Å². The summed E-state index contributed by atoms with van der Waals surface area (Å²) < 4.78 is 12.4. The molecule has 0 radical (unpaired) electrons. The normalized spacial score (nSPS) is 25.7. The number of carbonyl (C=O) groups excluding carboxylic acids is 1. The van der Waals surface area contributed by atoms with E-state index >= 15 is 0 Å². The van der Waals surface area contributed by atoms with E-state index in [1.54, 1.807) is 0 Å². The van der Waals surface area contributed by atoms with E-state index in [2.05, 4.69) is 28.1 Å². The van der Waals surface area contributed by atoms with E-state index in [-0.39, 0.29) is 18.1 Å². The number of rotatable bonds is 5. The highest BCUT2D eigenvalue weighted by Crippen LogP contribution is 2.33. The van der Waals surface area contributed by atoms with Crippen LogP contribution in [0.15, 0.2) is 28.7 Å². The third-order valence-electron chi connectivity index (χ3n) is 4.67. The lowest BCUT2D eigenvalue weighted by molar-refractivity contribution is -0.145. The molecule has 23 heavy (non-hydrogen) atoms. The second-order valence-electron chi connectivity index (χ2n) is 6.36. The van der Waals surface area contributed by atoms with E-state index in [0.29, 0.717) is 6.61 Å². The van der Waals surface area contributed by atoms with E-state index in [0.717, 1.165) is 43.3 Å². The Hall–Kier alpha value is -0.910. The molecule has 1 amide bonds. The Bertz CT molecular complexity index is 545. The first-order valence-corrected chi connectivity index (χ1v) is 9.23. The lowest BCUT2D eigenvalue weighted by atomic mass is 10.0. The Labute approximate surface area is 146 Å². The van der Waals surface area contributed by atoms with Crippen molar-refractivity contribution in [1.82, 2.24) is 4.90 Å². The first-order valence-electron chi connectivity index (χ1n) is 8.44. The zero-order chi connectivity index (χ0) is 16.2. The molecule has 4 nitrogen and oxygen atoms in total. The van der Waals surface area contributed by atoms with Crippen molar-refractivity contribution in [3.05, 3.63) is 34.3 Å². The monoisotopic (exact) mass is 381 g/mol. The predicted molar refractivity (Wildman–Crippen MR) is 92.2 cm³/mol. The topological polar surface area (TPSA) is 38.8 Å². The number of hydrogen-bond acceptors (Lipinski definition) is 3. The van der Waals surface area contributed by atoms with Gasteiger partial charge in [0.25, 0.3) is 5.91 Å². The van der Waals surface area contributed by atoms with Gasteiger partial charge in [0.1, 0.15) is 6.10 Å². The minimum atomic E-state index is -0.410. The molecule has 2 saturated heterocycles. The molecule has 126 valence electrons. The summed E-state index contributed by atoms with van der Waals surface area (Å²) in [6.45, 7) is 3.99. The van der Waals surface area contributed by atoms with Crippen LogP contribution in [0, 0.1) is 0 Å². The molecule has 2 fully saturated rings. The lowest BCUT2D eigenvalue weighted by Crippen LogP contribution is -2.39. The summed E-state index contributed by atoms with van der Waals surface area (Å²) in [7, 11) is 0. The van der Waals surface area contributed by atoms with Crippen LogP contribution in [-0.4, -0.2) is 42.8 Å². The second-order valence-corrected chi connectivity index (χ2v) is 7.27. The van der Waals surface area contributed by atoms with Crippen molar-refractivity contribution in [3.8, 4) is 0 Å². The van der Waals surface area contributed by atoms with Crippen LogP contribution >= 0.6 is 15.9 Å². The average Bonchev–Trinajstić information content (AvgIpc) is 3.23. The number of nitrogens with zero attached hydrogens (tertiary/aromatic N) is 1. The fourth-order valence-corrected chi connectivity index (χ4v) is 3.84. The molecule has 1 aromatic rings. The lowest BCUT2D eigenvalue weighted by Gasteiger charge is -2.28. The van der Waals surface area contributed by atoms with E-state index in [1.165, 1.54) is 5.56 Å². The minimum absolute atomic E-state index is 0.0884. The summed E-state index contributed by atoms with van der Waals surface area (Å²) >= 11 is 3.52. The van der Waals surface area contributed by atoms with Crippen LogP contribution in [0.4, 0.5) is 0 Å². The van der Waals surface area contributed by atoms with Crippen molar-refractivity contribution < 1.29 is 14.3 Å². The molecule has 0 bridgehead atoms. The van der Waals surface area contributed by atoms with Gasteiger partial charge in [-0.2, -0.15) is 0 Å². The third-order valence-corrected chi connectivity index (χ3v) is 5.17. The van der Waals surface area contributed by atoms with Gasteiger partial charge < -0.3 is 14.4 Å². The molecule has 0 aliphatic carbocycles. The van der Waals surface area contributed by atoms with Crippen molar-refractivity contribution >= 4 is 21.8 Å². The first-order chi connectivity index (χ1) is 11.1. The van der Waals surface area contributed by atoms with E-state index in [9.17, 15) is 4.79 Å². The smallest absolute Gasteiger partial charge is 0.251 e. The second kappa shape index (κ2) is 7.77. The van der Waals surface area contributed by atoms with Crippen molar-refractivity contribution in [2.24, 2.45) is 0 Å². The fourth-order valence-electron chi connectivity index (χ4n) is 3.42. The third kappa shape index (κ3) is 4.14. The minimum Gasteiger partial charge on any atom is -0.376 e. The van der Waals surface area contributed by atoms with Gasteiger partial charge in [0.05, 0.1) is 18.8 Å². The summed E-state index contributed by atoms with van der Waals surface area (Å²) in [5.41, 5.74) is 1.19. The number of halogens is 1. The van der Waals surface area contributed by atoms with Crippen molar-refractivity contribution in [3.63, 3.8) is 0 Å². The maximum Gasteiger partial charge on any atom is 0.251 e. The predicted octanol–water partition coefficient (Wildman–Crippen LogP) is 3.70. The molecular weight excluding hydrogens is 358 g/mol. The molecule has 3 rings (SSSR count). The fraction of sp³-hybridized carbons (Fsp3) is 0.611. The highest BCUT2D eigenvalue weighted by molar-refractivity contribution is 9.10. The summed E-state index contributed by atoms with van der Waals surface area (Å²) in [6, 6.07) is 8.40. The standard InChI is InChI=1S/C18H24BrNO3/c1-13(23-12-16-7-4-10-22-16)18(21)20-9-3-8-17(20)14-5-2-6-15(19)11-14/h2,5-6,11,13,16-17H,3-4,7-10,12H2,1H3. The molecule has 5 heteroatoms. The van der Waals surface area contributed by atoms with Gasteiger partial charge in [0.2, 0.25) is 0 Å². The Morgan fingerprint density at radius 3 is 3.04 bits per heavy atom. The van der Waals surface area contributed by atoms with Gasteiger partial charge in [-0.25, -0.2) is 0 Å². The largest absolute Gasteiger partial charge is 0.376 e. The van der Waals surface area contributed by atoms with E-state index in [4.69, 9.17) is 9.47 Å². The highest BCUT2D eigenvalue weighted by Gasteiger charge is 2.33. The van der Waals surface area contributed by atoms with Crippen molar-refractivity contribution in [2.45, 2.75) is 50.9 Å². The van der Waals surface area contributed by atoms with Crippen LogP contribution in [0.5, 0.6) is 0 Å². The molecule has 0 aromatic heterocycles. The van der Waals surface area contributed by atoms with Crippen LogP contribution in [-0.2, 0) is 14.3 Å². The van der Waals surface area contributed by atoms with Gasteiger partial charge >= 0.3 is 0 Å². The highest BCUT2D eigenvalue weighted by atomic mass is 79.9. The van der Waals surface area contributed by atoms with E-state index in [1.807, 2.05) is 24.0 Å². The Morgan fingerprint density at radius 2 is 2.30 bits per heavy atom. The molecule has 0 saturated carbocycles. The quantitative estimate of drug-likeness (QED) is 0.780. The van der Waals surface area contributed by atoms with Crippen molar-refractivity contribution in [1.29, 1.82) is 0 Å². The summed E-state index contributed by atoms with van der Waals surface area (Å²) in [6.07, 6.45) is 3.93. The molecule has 0 N–H and O–H groups in total. The first kappa shape index (κ1) is 16.9. The van der Waals surface area contributed by atoms with Gasteiger partial charge in [0, 0.05) is 17.6 Å². The molecule has 0 spiro atoms. The van der Waals surface area contributed by atoms with Gasteiger partial charge in [-0.3, -0.25) is 4.79 Å². The molecule has 3 atom stereocenters. The average molecular weight is 382 g/mol.